The van der Waals surface area contributed by atoms with Crippen molar-refractivity contribution in [1.82, 2.24) is 45.0 Å². The van der Waals surface area contributed by atoms with E-state index >= 15 is 0 Å². The van der Waals surface area contributed by atoms with Crippen LogP contribution in [-0.4, -0.2) is 147 Å². The number of halogens is 7. The normalized spacial score (nSPS) is 13.4. The molecule has 0 spiro atoms. The molecule has 3 aliphatic heterocycles. The summed E-state index contributed by atoms with van der Waals surface area (Å²) < 4.78 is 65.3. The molecule has 0 aliphatic carbocycles. The number of hydrogen-bond donors (Lipinski definition) is 6. The molecule has 5 amide bonds. The number of nitrogens with one attached hydrogen (secondary N) is 4. The Kier molecular flexibility index (Phi) is 37.5. The van der Waals surface area contributed by atoms with Crippen LogP contribution in [0.1, 0.15) is 64.5 Å². The minimum atomic E-state index is -1.64. The van der Waals surface area contributed by atoms with Gasteiger partial charge < -0.3 is 64.8 Å². The van der Waals surface area contributed by atoms with Gasteiger partial charge in [-0.15, -0.1) is 0 Å². The molecule has 0 atom stereocenters. The maximum atomic E-state index is 13.5. The number of ether oxygens (including phenoxy) is 5. The van der Waals surface area contributed by atoms with Crippen molar-refractivity contribution in [2.45, 2.75) is 66.6 Å². The Bertz CT molecular complexity index is 3960. The van der Waals surface area contributed by atoms with E-state index in [1.807, 2.05) is 60.7 Å². The van der Waals surface area contributed by atoms with Crippen LogP contribution in [0.4, 0.5) is 40.2 Å². The summed E-state index contributed by atoms with van der Waals surface area (Å²) in [5.41, 5.74) is 4.30. The molecular weight excluding hydrogens is 1720 g/mol. The van der Waals surface area contributed by atoms with Gasteiger partial charge >= 0.3 is 84.2 Å². The number of carbonyl (C=O) groups excluding carboxylic acids is 5. The van der Waals surface area contributed by atoms with E-state index < -0.39 is 18.8 Å². The summed E-state index contributed by atoms with van der Waals surface area (Å²) in [7, 11) is 2.62. The quantitative estimate of drug-likeness (QED) is 0.0297. The molecule has 102 heavy (non-hydrogen) atoms. The molecule has 544 valence electrons. The van der Waals surface area contributed by atoms with E-state index in [0.29, 0.717) is 103 Å². The number of rotatable bonds is 16. The van der Waals surface area contributed by atoms with Gasteiger partial charge in [0.05, 0.1) is 32.7 Å². The minimum absolute atomic E-state index is 0. The van der Waals surface area contributed by atoms with Crippen LogP contribution in [0.5, 0.6) is 17.2 Å². The van der Waals surface area contributed by atoms with Crippen LogP contribution < -0.4 is 40.9 Å². The first-order chi connectivity index (χ1) is 48.2. The van der Waals surface area contributed by atoms with E-state index in [2.05, 4.69) is 111 Å². The van der Waals surface area contributed by atoms with Crippen LogP contribution in [0, 0.1) is 35.2 Å². The average Bonchev–Trinajstić information content (AvgIpc) is 0.833. The van der Waals surface area contributed by atoms with Crippen LogP contribution >= 0.6 is 71.5 Å². The number of piperidine rings is 3. The fourth-order valence-corrected chi connectivity index (χ4v) is 10.4. The predicted molar refractivity (Wildman–Crippen MR) is 407 cm³/mol. The number of hydrogen-bond acceptors (Lipinski definition) is 19. The maximum absolute atomic E-state index is 13.5. The summed E-state index contributed by atoms with van der Waals surface area (Å²) in [4.78, 5) is 89.2. The van der Waals surface area contributed by atoms with E-state index in [9.17, 15) is 37.1 Å². The molecule has 6 N–H and O–H groups in total. The number of nitrogens with zero attached hydrogens (tertiary/aromatic N) is 8. The van der Waals surface area contributed by atoms with Crippen molar-refractivity contribution in [3.8, 4) is 39.8 Å². The van der Waals surface area contributed by atoms with E-state index in [1.54, 1.807) is 34.1 Å². The molecule has 0 saturated carbocycles. The topological polar surface area (TPSA) is 304 Å². The predicted octanol–water partition coefficient (Wildman–Crippen LogP) is 13.1. The number of amides is 5. The van der Waals surface area contributed by atoms with Gasteiger partial charge in [-0.2, -0.15) is 0 Å². The molecule has 5 aromatic carbocycles. The Labute approximate surface area is 633 Å². The van der Waals surface area contributed by atoms with Crippen molar-refractivity contribution in [1.29, 1.82) is 0 Å². The molecule has 11 rings (SSSR count). The molecule has 8 aromatic rings. The summed E-state index contributed by atoms with van der Waals surface area (Å²) in [5.74, 6) is -0.0717. The van der Waals surface area contributed by atoms with Crippen molar-refractivity contribution >= 4 is 131 Å². The zero-order valence-corrected chi connectivity index (χ0v) is 62.9. The third-order valence-electron chi connectivity index (χ3n) is 15.4. The van der Waals surface area contributed by atoms with E-state index in [-0.39, 0.29) is 103 Å². The second kappa shape index (κ2) is 44.9. The number of methoxy groups -OCH3 is 3. The van der Waals surface area contributed by atoms with Gasteiger partial charge in [0.2, 0.25) is 17.7 Å². The van der Waals surface area contributed by atoms with Gasteiger partial charge in [0.25, 0.3) is 0 Å². The van der Waals surface area contributed by atoms with Gasteiger partial charge in [-0.3, -0.25) is 14.4 Å². The molecular formula is C69H79BClF3I3N12O12V. The fourth-order valence-electron chi connectivity index (χ4n) is 10.2. The molecule has 0 radical (unpaired) electrons. The molecule has 3 aliphatic rings. The van der Waals surface area contributed by atoms with E-state index in [4.69, 9.17) is 45.3 Å². The molecule has 0 bridgehead atoms. The third-order valence-corrected chi connectivity index (χ3v) is 15.6. The molecule has 3 fully saturated rings. The average molecular weight is 1800 g/mol. The Hall–Kier alpha value is -7.51. The number of carbonyl (C=O) groups is 5. The van der Waals surface area contributed by atoms with Crippen LogP contribution in [-0.2, 0) is 42.0 Å². The SMILES string of the molecule is C.C.COc1cc(F)ccc1-c1cc(NC(=O)C2CCN(C(=O)OCc3ccccc3)CC2)ncn1.COc1cc(F)ccc1-c1cc(NC(=O)C2CCNCC2)ncn1.COc1cc(F)ccc1B(O)O.O=C(Nc1cc(Cl)ncn1)C1CCN(C(=O)OCc2ccccc2)CC1.[I][V]([I])[I]. The van der Waals surface area contributed by atoms with E-state index in [1.165, 1.54) is 76.7 Å². The second-order valence-electron chi connectivity index (χ2n) is 22.0. The van der Waals surface area contributed by atoms with Crippen molar-refractivity contribution < 1.29 is 75.8 Å². The number of benzene rings is 5. The molecule has 3 aromatic heterocycles. The van der Waals surface area contributed by atoms with Crippen molar-refractivity contribution in [2.24, 2.45) is 17.8 Å². The van der Waals surface area contributed by atoms with Crippen LogP contribution in [0.2, 0.25) is 5.15 Å². The van der Waals surface area contributed by atoms with Crippen molar-refractivity contribution in [2.75, 3.05) is 76.5 Å². The monoisotopic (exact) mass is 1800 g/mol. The summed E-state index contributed by atoms with van der Waals surface area (Å²) in [6, 6.07) is 35.7. The second-order valence-corrected chi connectivity index (χ2v) is 57.8. The Morgan fingerprint density at radius 1 is 0.520 bits per heavy atom. The van der Waals surface area contributed by atoms with Gasteiger partial charge in [0, 0.05) is 96.9 Å². The molecule has 3 saturated heterocycles. The Morgan fingerprint density at radius 2 is 0.873 bits per heavy atom. The Morgan fingerprint density at radius 3 is 1.25 bits per heavy atom. The van der Waals surface area contributed by atoms with Gasteiger partial charge in [-0.1, -0.05) is 93.2 Å². The Balaban J connectivity index is 0.000000249. The van der Waals surface area contributed by atoms with Crippen LogP contribution in [0.25, 0.3) is 22.5 Å². The first kappa shape index (κ1) is 85.1. The van der Waals surface area contributed by atoms with Gasteiger partial charge in [0.15, 0.2) is 0 Å². The van der Waals surface area contributed by atoms with Crippen molar-refractivity contribution in [3.05, 3.63) is 186 Å². The van der Waals surface area contributed by atoms with Crippen molar-refractivity contribution in [3.63, 3.8) is 0 Å². The number of aromatic nitrogens is 6. The van der Waals surface area contributed by atoms with Gasteiger partial charge in [0.1, 0.15) is 89.5 Å². The van der Waals surface area contributed by atoms with Gasteiger partial charge in [-0.25, -0.2) is 52.7 Å². The fraction of sp³-hybridized carbons (Fsp3) is 0.319. The summed E-state index contributed by atoms with van der Waals surface area (Å²) in [5, 5.41) is 29.5. The summed E-state index contributed by atoms with van der Waals surface area (Å²) in [6.07, 6.45) is 7.10. The number of likely N-dealkylation sites (tertiary alicyclic amines) is 2. The van der Waals surface area contributed by atoms with Crippen LogP contribution in [0.3, 0.4) is 0 Å². The first-order valence-corrected chi connectivity index (χ1v) is 44.9. The van der Waals surface area contributed by atoms with Crippen LogP contribution in [0.15, 0.2) is 152 Å². The molecule has 33 heteroatoms. The summed E-state index contributed by atoms with van der Waals surface area (Å²) >= 11 is 13.2. The third kappa shape index (κ3) is 28.3. The summed E-state index contributed by atoms with van der Waals surface area (Å²) in [6.45, 7) is 4.00. The first-order valence-electron chi connectivity index (χ1n) is 31.0. The van der Waals surface area contributed by atoms with Gasteiger partial charge in [-0.05, 0) is 93.1 Å². The molecule has 0 unspecified atom stereocenters. The van der Waals surface area contributed by atoms with E-state index in [0.717, 1.165) is 49.2 Å². The molecule has 24 nitrogen and oxygen atoms in total. The zero-order chi connectivity index (χ0) is 71.9. The standard InChI is InChI=1S/C25H25FN4O4.C18H19ClN4O3.C17H19FN4O2.C7H8BFO3.2CH4.3HI.V/c1-33-22-13-19(26)7-8-20(22)21-14-23(28-16-27-21)29-24(31)18-9-11-30(12-10-18)25(32)34-15-17-5-3-2-4-6-17;19-15-10-16(21-12-20-15)22-17(24)14-6-8-23(9-7-14)18(25)26-11-13-4-2-1-3-5-13;1-24-15-8-12(18)2-3-13(15)14-9-16(21-10-20-14)22-17(23)11-4-6-19-7-5-11;1-12-7-4-5(9)2-3-6(7)8(10)11;;;;;;/h2-8,13-14,16,18H,9-12,15H2,1H3,(H,27,28,29,31);1-5,10,12,14H,6-9,11H2,(H,20,21,22,24);2-3,8-11,19H,4-7H2,1H3,(H,20,21,22,23);2-4,10-11H,1H3;2*1H4;3*1H;/q;;;;;;;;;+3/p-3. The molecule has 6 heterocycles. The zero-order valence-electron chi connectivity index (χ0n) is 54.3. The number of anilines is 3.